The molecular formula is C18H26ClN3O2. The largest absolute Gasteiger partial charge is 0.337 e. The number of carbonyl (C=O) groups excluding carboxylic acids is 2. The molecule has 2 fully saturated rings. The summed E-state index contributed by atoms with van der Waals surface area (Å²) in [5.74, 6) is -0.0617. The van der Waals surface area contributed by atoms with Crippen LogP contribution >= 0.6 is 12.4 Å². The molecule has 0 aliphatic carbocycles. The van der Waals surface area contributed by atoms with E-state index in [2.05, 4.69) is 19.2 Å². The van der Waals surface area contributed by atoms with E-state index in [4.69, 9.17) is 0 Å². The first-order valence-electron chi connectivity index (χ1n) is 8.38. The molecule has 1 N–H and O–H groups in total. The highest BCUT2D eigenvalue weighted by molar-refractivity contribution is 6.00. The quantitative estimate of drug-likeness (QED) is 0.886. The van der Waals surface area contributed by atoms with Crippen LogP contribution in [-0.4, -0.2) is 48.4 Å². The number of amides is 2. The van der Waals surface area contributed by atoms with Crippen LogP contribution in [0.2, 0.25) is 0 Å². The molecule has 0 spiro atoms. The molecule has 2 aliphatic rings. The van der Waals surface area contributed by atoms with Gasteiger partial charge in [0.05, 0.1) is 5.92 Å². The summed E-state index contributed by atoms with van der Waals surface area (Å²) in [5, 5.41) is 3.38. The third-order valence-electron chi connectivity index (χ3n) is 5.14. The molecule has 1 aromatic carbocycles. The molecule has 1 aromatic rings. The average molecular weight is 352 g/mol. The first-order chi connectivity index (χ1) is 11.0. The van der Waals surface area contributed by atoms with Crippen molar-refractivity contribution in [2.45, 2.75) is 39.3 Å². The number of halogens is 1. The molecule has 3 unspecified atom stereocenters. The molecule has 2 heterocycles. The minimum absolute atomic E-state index is 0. The fourth-order valence-electron chi connectivity index (χ4n) is 3.45. The van der Waals surface area contributed by atoms with Gasteiger partial charge in [-0.15, -0.1) is 12.4 Å². The monoisotopic (exact) mass is 351 g/mol. The van der Waals surface area contributed by atoms with Gasteiger partial charge in [-0.3, -0.25) is 9.59 Å². The second-order valence-corrected chi connectivity index (χ2v) is 6.76. The Morgan fingerprint density at radius 3 is 2.54 bits per heavy atom. The lowest BCUT2D eigenvalue weighted by atomic mass is 10.0. The Balaban J connectivity index is 0.00000208. The zero-order chi connectivity index (χ0) is 16.6. The van der Waals surface area contributed by atoms with E-state index in [-0.39, 0.29) is 42.2 Å². The third-order valence-corrected chi connectivity index (χ3v) is 5.14. The van der Waals surface area contributed by atoms with Crippen LogP contribution in [0.3, 0.4) is 0 Å². The van der Waals surface area contributed by atoms with E-state index in [0.717, 1.165) is 24.3 Å². The number of hydrogen-bond donors (Lipinski definition) is 1. The Hall–Kier alpha value is -1.59. The minimum atomic E-state index is -0.225. The van der Waals surface area contributed by atoms with Crippen molar-refractivity contribution in [3.8, 4) is 0 Å². The number of benzene rings is 1. The van der Waals surface area contributed by atoms with Gasteiger partial charge < -0.3 is 15.1 Å². The number of piperazine rings is 1. The predicted molar refractivity (Wildman–Crippen MR) is 97.5 cm³/mol. The summed E-state index contributed by atoms with van der Waals surface area (Å²) in [6.07, 6.45) is 0.317. The van der Waals surface area contributed by atoms with Crippen LogP contribution in [0.1, 0.15) is 25.8 Å². The van der Waals surface area contributed by atoms with Gasteiger partial charge in [0.25, 0.3) is 0 Å². The summed E-state index contributed by atoms with van der Waals surface area (Å²) >= 11 is 0. The van der Waals surface area contributed by atoms with Crippen molar-refractivity contribution in [3.63, 3.8) is 0 Å². The summed E-state index contributed by atoms with van der Waals surface area (Å²) < 4.78 is 0. The smallest absolute Gasteiger partial charge is 0.228 e. The topological polar surface area (TPSA) is 52.7 Å². The van der Waals surface area contributed by atoms with E-state index >= 15 is 0 Å². The summed E-state index contributed by atoms with van der Waals surface area (Å²) in [6, 6.07) is 8.36. The minimum Gasteiger partial charge on any atom is -0.337 e. The lowest BCUT2D eigenvalue weighted by Gasteiger charge is -2.39. The van der Waals surface area contributed by atoms with Gasteiger partial charge in [-0.1, -0.05) is 17.7 Å². The normalized spacial score (nSPS) is 27.1. The van der Waals surface area contributed by atoms with Crippen LogP contribution in [-0.2, 0) is 9.59 Å². The maximum atomic E-state index is 12.9. The van der Waals surface area contributed by atoms with Gasteiger partial charge in [-0.05, 0) is 32.9 Å². The molecule has 2 saturated heterocycles. The van der Waals surface area contributed by atoms with Crippen molar-refractivity contribution in [2.75, 3.05) is 24.5 Å². The number of aryl methyl sites for hydroxylation is 1. The van der Waals surface area contributed by atoms with Crippen LogP contribution in [0, 0.1) is 12.8 Å². The molecule has 0 bridgehead atoms. The van der Waals surface area contributed by atoms with Crippen LogP contribution in [0.15, 0.2) is 24.3 Å². The Morgan fingerprint density at radius 2 is 1.88 bits per heavy atom. The highest BCUT2D eigenvalue weighted by Crippen LogP contribution is 2.27. The zero-order valence-electron chi connectivity index (χ0n) is 14.5. The lowest BCUT2D eigenvalue weighted by molar-refractivity contribution is -0.139. The Kier molecular flexibility index (Phi) is 5.88. The van der Waals surface area contributed by atoms with Crippen LogP contribution < -0.4 is 10.2 Å². The molecule has 0 radical (unpaired) electrons. The van der Waals surface area contributed by atoms with E-state index < -0.39 is 0 Å². The van der Waals surface area contributed by atoms with Gasteiger partial charge in [0.15, 0.2) is 0 Å². The van der Waals surface area contributed by atoms with E-state index in [0.29, 0.717) is 13.0 Å². The van der Waals surface area contributed by atoms with Crippen molar-refractivity contribution in [1.29, 1.82) is 0 Å². The standard InChI is InChI=1S/C18H25N3O2.ClH/c1-12-4-6-16(7-5-12)21-11-15(10-17(21)22)18(23)20-9-8-19-13(2)14(20)3;/h4-7,13-15,19H,8-11H2,1-3H3;1H. The molecule has 5 nitrogen and oxygen atoms in total. The summed E-state index contributed by atoms with van der Waals surface area (Å²) in [7, 11) is 0. The van der Waals surface area contributed by atoms with E-state index in [1.807, 2.05) is 36.1 Å². The first-order valence-corrected chi connectivity index (χ1v) is 8.38. The molecule has 2 aliphatic heterocycles. The highest BCUT2D eigenvalue weighted by atomic mass is 35.5. The first kappa shape index (κ1) is 18.7. The number of nitrogens with one attached hydrogen (secondary N) is 1. The Labute approximate surface area is 149 Å². The van der Waals surface area contributed by atoms with Gasteiger partial charge in [-0.25, -0.2) is 0 Å². The van der Waals surface area contributed by atoms with E-state index in [1.165, 1.54) is 0 Å². The van der Waals surface area contributed by atoms with Crippen molar-refractivity contribution < 1.29 is 9.59 Å². The number of carbonyl (C=O) groups is 2. The maximum Gasteiger partial charge on any atom is 0.228 e. The van der Waals surface area contributed by atoms with Gasteiger partial charge in [0, 0.05) is 43.8 Å². The molecule has 2 amide bonds. The van der Waals surface area contributed by atoms with Gasteiger partial charge in [0.1, 0.15) is 0 Å². The third kappa shape index (κ3) is 3.57. The molecule has 6 heteroatoms. The highest BCUT2D eigenvalue weighted by Gasteiger charge is 2.39. The average Bonchev–Trinajstić information content (AvgIpc) is 2.92. The summed E-state index contributed by atoms with van der Waals surface area (Å²) in [6.45, 7) is 8.23. The summed E-state index contributed by atoms with van der Waals surface area (Å²) in [4.78, 5) is 28.9. The molecule has 3 atom stereocenters. The lowest BCUT2D eigenvalue weighted by Crippen LogP contribution is -2.58. The van der Waals surface area contributed by atoms with Crippen molar-refractivity contribution >= 4 is 29.9 Å². The molecule has 0 aromatic heterocycles. The Bertz CT molecular complexity index is 605. The van der Waals surface area contributed by atoms with Crippen molar-refractivity contribution in [3.05, 3.63) is 29.8 Å². The van der Waals surface area contributed by atoms with Crippen LogP contribution in [0.5, 0.6) is 0 Å². The maximum absolute atomic E-state index is 12.9. The number of nitrogens with zero attached hydrogens (tertiary/aromatic N) is 2. The molecule has 132 valence electrons. The number of anilines is 1. The fourth-order valence-corrected chi connectivity index (χ4v) is 3.45. The molecule has 3 rings (SSSR count). The Morgan fingerprint density at radius 1 is 1.21 bits per heavy atom. The van der Waals surface area contributed by atoms with Gasteiger partial charge in [-0.2, -0.15) is 0 Å². The van der Waals surface area contributed by atoms with Crippen molar-refractivity contribution in [1.82, 2.24) is 10.2 Å². The van der Waals surface area contributed by atoms with E-state index in [1.54, 1.807) is 4.90 Å². The van der Waals surface area contributed by atoms with Crippen LogP contribution in [0.4, 0.5) is 5.69 Å². The number of rotatable bonds is 2. The second kappa shape index (κ2) is 7.53. The van der Waals surface area contributed by atoms with E-state index in [9.17, 15) is 9.59 Å². The molecule has 24 heavy (non-hydrogen) atoms. The zero-order valence-corrected chi connectivity index (χ0v) is 15.3. The molecular weight excluding hydrogens is 326 g/mol. The number of hydrogen-bond acceptors (Lipinski definition) is 3. The van der Waals surface area contributed by atoms with Crippen molar-refractivity contribution in [2.24, 2.45) is 5.92 Å². The fraction of sp³-hybridized carbons (Fsp3) is 0.556. The van der Waals surface area contributed by atoms with Crippen LogP contribution in [0.25, 0.3) is 0 Å². The summed E-state index contributed by atoms with van der Waals surface area (Å²) in [5.41, 5.74) is 2.05. The predicted octanol–water partition coefficient (Wildman–Crippen LogP) is 1.98. The van der Waals surface area contributed by atoms with Gasteiger partial charge >= 0.3 is 0 Å². The second-order valence-electron chi connectivity index (χ2n) is 6.76. The SMILES string of the molecule is Cc1ccc(N2CC(C(=O)N3CCNC(C)C3C)CC2=O)cc1.Cl. The van der Waals surface area contributed by atoms with Gasteiger partial charge in [0.2, 0.25) is 11.8 Å². The molecule has 0 saturated carbocycles.